The van der Waals surface area contributed by atoms with Gasteiger partial charge in [-0.15, -0.1) is 54.1 Å². The van der Waals surface area contributed by atoms with Crippen molar-refractivity contribution < 1.29 is 24.5 Å². The summed E-state index contributed by atoms with van der Waals surface area (Å²) in [5.41, 5.74) is 11.0. The first kappa shape index (κ1) is 34.0. The Morgan fingerprint density at radius 2 is 1.41 bits per heavy atom. The maximum absolute atomic E-state index is 6.63. The Bertz CT molecular complexity index is 2550. The third-order valence-corrected chi connectivity index (χ3v) is 9.08. The molecule has 0 unspecified atom stereocenters. The van der Waals surface area contributed by atoms with Crippen LogP contribution in [0.4, 0.5) is 0 Å². The fourth-order valence-corrected chi connectivity index (χ4v) is 6.69. The standard InChI is InChI=1S/C33H27N4O.C11H8N.Ir/c1-19(2)21-9-7-10-22(20(3)4)30(21)37-29-14-6-5-13-28(29)36-33(37)25-12-8-11-23-24-15-16-27-26(17-34-18-35-27)32(24)38-31(23)25;1-2-6-10(7-3-1)11-8-4-5-9-12-11;/h5-11,13-20H,1-4H3;1-6,8-9H;/q2*-1;. The predicted octanol–water partition coefficient (Wildman–Crippen LogP) is 11.1. The summed E-state index contributed by atoms with van der Waals surface area (Å²) in [4.78, 5) is 18.1. The topological polar surface area (TPSA) is 69.6 Å². The summed E-state index contributed by atoms with van der Waals surface area (Å²) in [5, 5.41) is 2.96. The molecule has 0 spiro atoms. The van der Waals surface area contributed by atoms with Gasteiger partial charge in [-0.1, -0.05) is 81.1 Å². The van der Waals surface area contributed by atoms with Crippen LogP contribution < -0.4 is 0 Å². The maximum Gasteiger partial charge on any atom is 0.131 e. The smallest absolute Gasteiger partial charge is 0.131 e. The van der Waals surface area contributed by atoms with Crippen molar-refractivity contribution in [2.45, 2.75) is 39.5 Å². The number of furan rings is 1. The van der Waals surface area contributed by atoms with E-state index in [0.29, 0.717) is 11.8 Å². The average molecular weight is 842 g/mol. The van der Waals surface area contributed by atoms with Gasteiger partial charge in [-0.25, -0.2) is 9.97 Å². The third-order valence-electron chi connectivity index (χ3n) is 9.08. The largest absolute Gasteiger partial charge is 0.500 e. The fraction of sp³-hybridized carbons (Fsp3) is 0.136. The molecule has 0 bridgehead atoms. The van der Waals surface area contributed by atoms with Gasteiger partial charge in [0.15, 0.2) is 0 Å². The van der Waals surface area contributed by atoms with Crippen LogP contribution in [0.25, 0.3) is 72.2 Å². The second kappa shape index (κ2) is 14.4. The molecule has 0 N–H and O–H groups in total. The Balaban J connectivity index is 0.000000265. The molecule has 4 aromatic heterocycles. The molecule has 0 fully saturated rings. The van der Waals surface area contributed by atoms with Gasteiger partial charge in [0, 0.05) is 43.6 Å². The SMILES string of the molecule is CC(C)c1cccc(C(C)C)c1-n1c(-c2[c-]ccc3c2oc2c4cncnc4ccc32)nc2ccccc21.[Ir].[c-]1ccccc1-c1ccccn1. The van der Waals surface area contributed by atoms with E-state index < -0.39 is 0 Å². The fourth-order valence-electron chi connectivity index (χ4n) is 6.69. The molecule has 0 aliphatic carbocycles. The summed E-state index contributed by atoms with van der Waals surface area (Å²) in [5.74, 6) is 1.51. The minimum atomic E-state index is 0. The zero-order chi connectivity index (χ0) is 34.2. The summed E-state index contributed by atoms with van der Waals surface area (Å²) >= 11 is 0. The number of imidazole rings is 1. The van der Waals surface area contributed by atoms with Crippen LogP contribution in [0.3, 0.4) is 0 Å². The average Bonchev–Trinajstić information content (AvgIpc) is 3.74. The van der Waals surface area contributed by atoms with E-state index in [4.69, 9.17) is 9.40 Å². The number of pyridine rings is 1. The number of rotatable bonds is 5. The van der Waals surface area contributed by atoms with Crippen LogP contribution in [0.2, 0.25) is 0 Å². The van der Waals surface area contributed by atoms with E-state index >= 15 is 0 Å². The van der Waals surface area contributed by atoms with Crippen molar-refractivity contribution in [2.75, 3.05) is 0 Å². The van der Waals surface area contributed by atoms with E-state index in [2.05, 4.69) is 108 Å². The molecule has 6 nitrogen and oxygen atoms in total. The molecule has 253 valence electrons. The van der Waals surface area contributed by atoms with Crippen LogP contribution in [0, 0.1) is 12.1 Å². The van der Waals surface area contributed by atoms with Crippen molar-refractivity contribution in [3.05, 3.63) is 151 Å². The van der Waals surface area contributed by atoms with Crippen molar-refractivity contribution in [1.29, 1.82) is 0 Å². The molecule has 9 aromatic rings. The minimum absolute atomic E-state index is 0. The van der Waals surface area contributed by atoms with Gasteiger partial charge in [-0.2, -0.15) is 0 Å². The van der Waals surface area contributed by atoms with Gasteiger partial charge in [0.2, 0.25) is 0 Å². The molecule has 0 saturated carbocycles. The summed E-state index contributed by atoms with van der Waals surface area (Å²) in [7, 11) is 0. The number of para-hydroxylation sites is 3. The summed E-state index contributed by atoms with van der Waals surface area (Å²) in [6.07, 6.45) is 5.17. The van der Waals surface area contributed by atoms with Crippen molar-refractivity contribution >= 4 is 43.9 Å². The number of hydrogen-bond donors (Lipinski definition) is 0. The van der Waals surface area contributed by atoms with Crippen LogP contribution in [-0.4, -0.2) is 24.5 Å². The van der Waals surface area contributed by atoms with E-state index in [9.17, 15) is 0 Å². The Hall–Kier alpha value is -5.49. The first-order chi connectivity index (χ1) is 24.5. The molecule has 0 amide bonds. The Kier molecular flexibility index (Phi) is 9.59. The molecule has 9 rings (SSSR count). The van der Waals surface area contributed by atoms with Crippen LogP contribution in [0.15, 0.2) is 132 Å². The van der Waals surface area contributed by atoms with Crippen molar-refractivity contribution in [3.63, 3.8) is 0 Å². The number of hydrogen-bond acceptors (Lipinski definition) is 5. The van der Waals surface area contributed by atoms with Gasteiger partial charge in [-0.3, -0.25) is 4.98 Å². The first-order valence-corrected chi connectivity index (χ1v) is 16.9. The quantitative estimate of drug-likeness (QED) is 0.161. The molecule has 0 saturated heterocycles. The van der Waals surface area contributed by atoms with Gasteiger partial charge in [0.25, 0.3) is 0 Å². The number of fused-ring (bicyclic) bond motifs is 6. The van der Waals surface area contributed by atoms with Gasteiger partial charge in [-0.05, 0) is 59.0 Å². The minimum Gasteiger partial charge on any atom is -0.500 e. The second-order valence-electron chi connectivity index (χ2n) is 12.9. The van der Waals surface area contributed by atoms with Crippen LogP contribution in [0.1, 0.15) is 50.7 Å². The Morgan fingerprint density at radius 1 is 0.647 bits per heavy atom. The molecule has 0 aliphatic rings. The van der Waals surface area contributed by atoms with Crippen LogP contribution in [0.5, 0.6) is 0 Å². The van der Waals surface area contributed by atoms with Gasteiger partial charge < -0.3 is 14.0 Å². The van der Waals surface area contributed by atoms with Crippen molar-refractivity contribution in [1.82, 2.24) is 24.5 Å². The molecule has 1 radical (unpaired) electrons. The first-order valence-electron chi connectivity index (χ1n) is 16.9. The normalized spacial score (nSPS) is 11.3. The number of benzene rings is 5. The van der Waals surface area contributed by atoms with Crippen molar-refractivity contribution in [2.24, 2.45) is 0 Å². The maximum atomic E-state index is 6.63. The predicted molar refractivity (Wildman–Crippen MR) is 202 cm³/mol. The Labute approximate surface area is 310 Å². The van der Waals surface area contributed by atoms with E-state index in [-0.39, 0.29) is 20.1 Å². The number of aromatic nitrogens is 5. The molecule has 0 aliphatic heterocycles. The van der Waals surface area contributed by atoms with Crippen LogP contribution in [-0.2, 0) is 20.1 Å². The van der Waals surface area contributed by atoms with E-state index in [1.807, 2.05) is 66.9 Å². The summed E-state index contributed by atoms with van der Waals surface area (Å²) in [6, 6.07) is 43.4. The summed E-state index contributed by atoms with van der Waals surface area (Å²) < 4.78 is 8.95. The van der Waals surface area contributed by atoms with Crippen molar-refractivity contribution in [3.8, 4) is 28.3 Å². The third kappa shape index (κ3) is 6.24. The monoisotopic (exact) mass is 842 g/mol. The molecule has 51 heavy (non-hydrogen) atoms. The van der Waals surface area contributed by atoms with Gasteiger partial charge in [0.05, 0.1) is 33.3 Å². The zero-order valence-electron chi connectivity index (χ0n) is 28.8. The zero-order valence-corrected chi connectivity index (χ0v) is 31.2. The number of nitrogens with zero attached hydrogens (tertiary/aromatic N) is 5. The molecule has 5 aromatic carbocycles. The summed E-state index contributed by atoms with van der Waals surface area (Å²) in [6.45, 7) is 9.00. The Morgan fingerprint density at radius 3 is 2.16 bits per heavy atom. The van der Waals surface area contributed by atoms with Gasteiger partial charge >= 0.3 is 0 Å². The molecular weight excluding hydrogens is 807 g/mol. The molecular formula is C44H35IrN5O-2. The van der Waals surface area contributed by atoms with Gasteiger partial charge in [0.1, 0.15) is 11.9 Å². The van der Waals surface area contributed by atoms with Crippen LogP contribution >= 0.6 is 0 Å². The van der Waals surface area contributed by atoms with E-state index in [0.717, 1.165) is 66.5 Å². The van der Waals surface area contributed by atoms with E-state index in [1.54, 1.807) is 12.5 Å². The molecule has 7 heteroatoms. The molecule has 4 heterocycles. The molecule has 0 atom stereocenters. The van der Waals surface area contributed by atoms with E-state index in [1.165, 1.54) is 16.8 Å². The second-order valence-corrected chi connectivity index (χ2v) is 12.9.